The van der Waals surface area contributed by atoms with Gasteiger partial charge in [0, 0.05) is 13.8 Å². The zero-order valence-electron chi connectivity index (χ0n) is 12.6. The summed E-state index contributed by atoms with van der Waals surface area (Å²) in [4.78, 5) is 0. The van der Waals surface area contributed by atoms with Crippen LogP contribution in [0.2, 0.25) is 0 Å². The van der Waals surface area contributed by atoms with Crippen molar-refractivity contribution in [3.8, 4) is 11.5 Å². The third-order valence-corrected chi connectivity index (χ3v) is 2.29. The Morgan fingerprint density at radius 3 is 1.79 bits per heavy atom. The van der Waals surface area contributed by atoms with Crippen molar-refractivity contribution in [1.82, 2.24) is 0 Å². The van der Waals surface area contributed by atoms with Gasteiger partial charge in [0.05, 0.1) is 10.3 Å². The summed E-state index contributed by atoms with van der Waals surface area (Å²) in [6.45, 7) is 11.6. The first-order valence-electron chi connectivity index (χ1n) is 6.47. The first-order valence-corrected chi connectivity index (χ1v) is 6.47. The predicted molar refractivity (Wildman–Crippen MR) is 73.7 cm³/mol. The highest BCUT2D eigenvalue weighted by Gasteiger charge is 2.24. The molecule has 1 heterocycles. The lowest BCUT2D eigenvalue weighted by Crippen LogP contribution is -3.00. The van der Waals surface area contributed by atoms with E-state index in [1.807, 2.05) is 71.9 Å². The molecule has 1 aromatic carbocycles. The molecule has 0 aliphatic carbocycles. The molecule has 0 amide bonds. The largest absolute Gasteiger partial charge is 1.00 e. The monoisotopic (exact) mass is 285 g/mol. The lowest BCUT2D eigenvalue weighted by Gasteiger charge is -1.88. The Hall–Kier alpha value is -1.48. The lowest BCUT2D eigenvalue weighted by molar-refractivity contribution is -0.901. The van der Waals surface area contributed by atoms with Crippen molar-refractivity contribution in [2.75, 3.05) is 0 Å². The average molecular weight is 286 g/mol. The second-order valence-corrected chi connectivity index (χ2v) is 3.23. The average Bonchev–Trinajstić information content (AvgIpc) is 2.72. The van der Waals surface area contributed by atoms with E-state index in [1.165, 1.54) is 0 Å². The highest BCUT2D eigenvalue weighted by molar-refractivity contribution is 5.49. The van der Waals surface area contributed by atoms with Crippen molar-refractivity contribution >= 4 is 0 Å². The van der Waals surface area contributed by atoms with Gasteiger partial charge < -0.3 is 16.8 Å². The van der Waals surface area contributed by atoms with E-state index in [0.29, 0.717) is 5.89 Å². The molecule has 0 saturated carbocycles. The second kappa shape index (κ2) is 10.4. The standard InChI is InChI=1S/C11H12NO2.2C2H6.ClH/c1-8-9(2)14-11(12(8)13)10-6-4-3-5-7-10;2*1-2;/h3-7,13H,1-2H3;2*1-2H3;1H/q+1;;;/p-1. The molecule has 0 saturated heterocycles. The number of hydrogen-bond donors (Lipinski definition) is 1. The van der Waals surface area contributed by atoms with E-state index in [1.54, 1.807) is 0 Å². The van der Waals surface area contributed by atoms with Crippen LogP contribution in [0.1, 0.15) is 39.1 Å². The number of aryl methyl sites for hydroxylation is 1. The first kappa shape index (κ1) is 19.9. The third-order valence-electron chi connectivity index (χ3n) is 2.29. The Bertz CT molecular complexity index is 453. The minimum Gasteiger partial charge on any atom is -1.00 e. The van der Waals surface area contributed by atoms with Crippen LogP contribution < -0.4 is 17.1 Å². The molecule has 0 bridgehead atoms. The maximum atomic E-state index is 9.69. The number of benzene rings is 1. The number of rotatable bonds is 1. The molecular formula is C15H24ClNO2. The molecule has 19 heavy (non-hydrogen) atoms. The molecule has 0 fully saturated rings. The van der Waals surface area contributed by atoms with Crippen LogP contribution >= 0.6 is 0 Å². The van der Waals surface area contributed by atoms with E-state index in [9.17, 15) is 5.21 Å². The van der Waals surface area contributed by atoms with Crippen LogP contribution in [0.15, 0.2) is 34.7 Å². The number of nitrogens with zero attached hydrogens (tertiary/aromatic N) is 1. The molecule has 2 aromatic rings. The molecule has 0 unspecified atom stereocenters. The number of halogens is 1. The number of hydrogen-bond acceptors (Lipinski definition) is 2. The predicted octanol–water partition coefficient (Wildman–Crippen LogP) is 1.14. The minimum absolute atomic E-state index is 0. The van der Waals surface area contributed by atoms with Gasteiger partial charge in [0.1, 0.15) is 0 Å². The van der Waals surface area contributed by atoms with Crippen molar-refractivity contribution in [1.29, 1.82) is 0 Å². The summed E-state index contributed by atoms with van der Waals surface area (Å²) in [5.74, 6) is 1.20. The van der Waals surface area contributed by atoms with Crippen molar-refractivity contribution in [2.45, 2.75) is 41.5 Å². The van der Waals surface area contributed by atoms with Crippen molar-refractivity contribution < 1.29 is 26.8 Å². The van der Waals surface area contributed by atoms with E-state index >= 15 is 0 Å². The maximum absolute atomic E-state index is 9.69. The molecule has 0 radical (unpaired) electrons. The Morgan fingerprint density at radius 1 is 0.947 bits per heavy atom. The van der Waals surface area contributed by atoms with E-state index in [0.717, 1.165) is 21.7 Å². The summed E-state index contributed by atoms with van der Waals surface area (Å²) in [5, 5.41) is 9.69. The van der Waals surface area contributed by atoms with Gasteiger partial charge in [-0.25, -0.2) is 0 Å². The zero-order chi connectivity index (χ0) is 14.1. The highest BCUT2D eigenvalue weighted by atomic mass is 35.5. The Kier molecular flexibility index (Phi) is 10.9. The van der Waals surface area contributed by atoms with E-state index < -0.39 is 0 Å². The molecule has 3 nitrogen and oxygen atoms in total. The Balaban J connectivity index is 0. The van der Waals surface area contributed by atoms with Crippen LogP contribution in [0, 0.1) is 13.8 Å². The van der Waals surface area contributed by atoms with E-state index in [2.05, 4.69) is 0 Å². The molecular weight excluding hydrogens is 262 g/mol. The highest BCUT2D eigenvalue weighted by Crippen LogP contribution is 2.18. The third kappa shape index (κ3) is 4.95. The van der Waals surface area contributed by atoms with E-state index in [-0.39, 0.29) is 12.4 Å². The fourth-order valence-corrected chi connectivity index (χ4v) is 1.33. The normalized spacial score (nSPS) is 8.32. The van der Waals surface area contributed by atoms with Gasteiger partial charge in [-0.2, -0.15) is 0 Å². The smallest absolute Gasteiger partial charge is 0.429 e. The van der Waals surface area contributed by atoms with Gasteiger partial charge in [-0.1, -0.05) is 45.9 Å². The molecule has 108 valence electrons. The summed E-state index contributed by atoms with van der Waals surface area (Å²) >= 11 is 0. The molecule has 0 aliphatic heterocycles. The topological polar surface area (TPSA) is 37.2 Å². The van der Waals surface area contributed by atoms with Gasteiger partial charge in [-0.05, 0) is 12.1 Å². The molecule has 1 aromatic heterocycles. The Morgan fingerprint density at radius 2 is 1.42 bits per heavy atom. The first-order chi connectivity index (χ1) is 8.70. The minimum atomic E-state index is 0. The summed E-state index contributed by atoms with van der Waals surface area (Å²) in [6, 6.07) is 9.52. The fourth-order valence-electron chi connectivity index (χ4n) is 1.33. The zero-order valence-corrected chi connectivity index (χ0v) is 13.3. The molecule has 2 rings (SSSR count). The Labute approximate surface area is 122 Å². The van der Waals surface area contributed by atoms with Crippen LogP contribution in [-0.2, 0) is 0 Å². The molecule has 4 heteroatoms. The lowest BCUT2D eigenvalue weighted by atomic mass is 10.2. The van der Waals surface area contributed by atoms with Crippen LogP contribution in [0.5, 0.6) is 0 Å². The SMILES string of the molecule is CC.CC.Cc1oc(-c2ccccc2)[n+](O)c1C.[Cl-]. The maximum Gasteiger partial charge on any atom is 0.429 e. The van der Waals surface area contributed by atoms with Crippen molar-refractivity contribution in [3.05, 3.63) is 41.8 Å². The summed E-state index contributed by atoms with van der Waals surface area (Å²) in [5.41, 5.74) is 1.59. The van der Waals surface area contributed by atoms with Crippen LogP contribution in [0.3, 0.4) is 0 Å². The van der Waals surface area contributed by atoms with Crippen LogP contribution in [0.25, 0.3) is 11.5 Å². The summed E-state index contributed by atoms with van der Waals surface area (Å²) in [6.07, 6.45) is 0. The van der Waals surface area contributed by atoms with Crippen LogP contribution in [-0.4, -0.2) is 5.21 Å². The quantitative estimate of drug-likeness (QED) is 0.630. The summed E-state index contributed by atoms with van der Waals surface area (Å²) in [7, 11) is 0. The van der Waals surface area contributed by atoms with Gasteiger partial charge in [0.25, 0.3) is 5.69 Å². The second-order valence-electron chi connectivity index (χ2n) is 3.23. The van der Waals surface area contributed by atoms with Gasteiger partial charge in [0.15, 0.2) is 5.76 Å². The summed E-state index contributed by atoms with van der Waals surface area (Å²) < 4.78 is 6.52. The molecule has 0 atom stereocenters. The van der Waals surface area contributed by atoms with Gasteiger partial charge >= 0.3 is 5.89 Å². The van der Waals surface area contributed by atoms with Crippen LogP contribution in [0.4, 0.5) is 0 Å². The number of aromatic nitrogens is 1. The van der Waals surface area contributed by atoms with Crippen molar-refractivity contribution in [2.24, 2.45) is 0 Å². The van der Waals surface area contributed by atoms with Crippen molar-refractivity contribution in [3.63, 3.8) is 0 Å². The van der Waals surface area contributed by atoms with Gasteiger partial charge in [-0.15, -0.1) is 0 Å². The van der Waals surface area contributed by atoms with Gasteiger partial charge in [0.2, 0.25) is 0 Å². The molecule has 0 spiro atoms. The van der Waals surface area contributed by atoms with E-state index in [4.69, 9.17) is 4.42 Å². The molecule has 0 aliphatic rings. The molecule has 1 N–H and O–H groups in total. The fraction of sp³-hybridized carbons (Fsp3) is 0.400. The number of oxazole rings is 1. The van der Waals surface area contributed by atoms with Gasteiger partial charge in [-0.3, -0.25) is 5.21 Å².